The Kier molecular flexibility index (Phi) is 5.10. The van der Waals surface area contributed by atoms with Crippen LogP contribution in [0.15, 0.2) is 30.3 Å². The molecule has 1 unspecified atom stereocenters. The van der Waals surface area contributed by atoms with Gasteiger partial charge in [-0.15, -0.1) is 0 Å². The molecule has 2 aliphatic rings. The van der Waals surface area contributed by atoms with Crippen molar-refractivity contribution in [2.45, 2.75) is 31.7 Å². The Morgan fingerprint density at radius 3 is 2.71 bits per heavy atom. The number of ether oxygens (including phenoxy) is 1. The van der Waals surface area contributed by atoms with Gasteiger partial charge >= 0.3 is 0 Å². The first kappa shape index (κ1) is 20.7. The molecular weight excluding hydrogens is 412 g/mol. The number of nitrogens with one attached hydrogen (secondary N) is 2. The SMILES string of the molecule is COc1ccc(F)c(CNc2cc(F)cc3c2CN(C2(O)CCC(=O)NC2=O)C3=O)c1. The molecule has 2 heterocycles. The number of nitrogens with zero attached hydrogens (tertiary/aromatic N) is 1. The van der Waals surface area contributed by atoms with Gasteiger partial charge in [0.15, 0.2) is 0 Å². The fourth-order valence-electron chi connectivity index (χ4n) is 3.78. The van der Waals surface area contributed by atoms with Crippen molar-refractivity contribution in [2.24, 2.45) is 0 Å². The summed E-state index contributed by atoms with van der Waals surface area (Å²) in [6.07, 6.45) is -0.408. The largest absolute Gasteiger partial charge is 0.497 e. The second-order valence-corrected chi connectivity index (χ2v) is 7.38. The Morgan fingerprint density at radius 1 is 1.23 bits per heavy atom. The molecule has 0 saturated carbocycles. The number of hydrogen-bond acceptors (Lipinski definition) is 6. The number of carbonyl (C=O) groups is 3. The van der Waals surface area contributed by atoms with E-state index in [1.54, 1.807) is 0 Å². The molecule has 1 fully saturated rings. The summed E-state index contributed by atoms with van der Waals surface area (Å²) in [5.74, 6) is -3.04. The van der Waals surface area contributed by atoms with Crippen molar-refractivity contribution in [3.63, 3.8) is 0 Å². The molecule has 2 aromatic carbocycles. The lowest BCUT2D eigenvalue weighted by Crippen LogP contribution is -2.63. The first-order valence-corrected chi connectivity index (χ1v) is 9.50. The number of imide groups is 1. The van der Waals surface area contributed by atoms with Gasteiger partial charge in [-0.3, -0.25) is 24.6 Å². The smallest absolute Gasteiger partial charge is 0.279 e. The summed E-state index contributed by atoms with van der Waals surface area (Å²) in [4.78, 5) is 37.5. The Balaban J connectivity index is 1.62. The maximum Gasteiger partial charge on any atom is 0.279 e. The van der Waals surface area contributed by atoms with Crippen LogP contribution in [0.1, 0.15) is 34.3 Å². The summed E-state index contributed by atoms with van der Waals surface area (Å²) in [5.41, 5.74) is -1.40. The number of fused-ring (bicyclic) bond motifs is 1. The van der Waals surface area contributed by atoms with Crippen LogP contribution >= 0.6 is 0 Å². The lowest BCUT2D eigenvalue weighted by atomic mass is 10.00. The number of amides is 3. The molecule has 0 radical (unpaired) electrons. The number of halogens is 2. The van der Waals surface area contributed by atoms with Crippen LogP contribution in [0.4, 0.5) is 14.5 Å². The normalized spacial score (nSPS) is 20.5. The minimum atomic E-state index is -2.23. The first-order chi connectivity index (χ1) is 14.7. The molecule has 0 bridgehead atoms. The molecule has 0 aliphatic carbocycles. The van der Waals surface area contributed by atoms with Crippen molar-refractivity contribution in [3.05, 3.63) is 58.7 Å². The van der Waals surface area contributed by atoms with E-state index in [0.717, 1.165) is 17.0 Å². The average Bonchev–Trinajstić information content (AvgIpc) is 3.07. The number of piperidine rings is 1. The quantitative estimate of drug-likeness (QED) is 0.622. The van der Waals surface area contributed by atoms with Gasteiger partial charge in [0.25, 0.3) is 11.8 Å². The highest BCUT2D eigenvalue weighted by Gasteiger charge is 2.51. The van der Waals surface area contributed by atoms with Crippen LogP contribution in [-0.2, 0) is 22.7 Å². The lowest BCUT2D eigenvalue weighted by molar-refractivity contribution is -0.167. The molecule has 1 atom stereocenters. The lowest BCUT2D eigenvalue weighted by Gasteiger charge is -2.37. The average molecular weight is 431 g/mol. The van der Waals surface area contributed by atoms with Gasteiger partial charge in [0.1, 0.15) is 17.4 Å². The van der Waals surface area contributed by atoms with Crippen LogP contribution in [0, 0.1) is 11.6 Å². The van der Waals surface area contributed by atoms with Crippen molar-refractivity contribution in [2.75, 3.05) is 12.4 Å². The molecule has 1 saturated heterocycles. The first-order valence-electron chi connectivity index (χ1n) is 9.50. The molecule has 31 heavy (non-hydrogen) atoms. The zero-order valence-electron chi connectivity index (χ0n) is 16.5. The van der Waals surface area contributed by atoms with Gasteiger partial charge in [0, 0.05) is 41.8 Å². The maximum absolute atomic E-state index is 14.2. The second kappa shape index (κ2) is 7.62. The third-order valence-corrected chi connectivity index (χ3v) is 5.49. The highest BCUT2D eigenvalue weighted by Crippen LogP contribution is 2.37. The number of anilines is 1. The number of hydrogen-bond donors (Lipinski definition) is 3. The fraction of sp³-hybridized carbons (Fsp3) is 0.286. The summed E-state index contributed by atoms with van der Waals surface area (Å²) in [6.45, 7) is -0.206. The zero-order valence-corrected chi connectivity index (χ0v) is 16.5. The van der Waals surface area contributed by atoms with E-state index >= 15 is 0 Å². The number of benzene rings is 2. The molecule has 2 aromatic rings. The highest BCUT2D eigenvalue weighted by molar-refractivity contribution is 6.07. The maximum atomic E-state index is 14.2. The van der Waals surface area contributed by atoms with Crippen molar-refractivity contribution in [3.8, 4) is 5.75 Å². The summed E-state index contributed by atoms with van der Waals surface area (Å²) in [7, 11) is 1.45. The van der Waals surface area contributed by atoms with E-state index in [2.05, 4.69) is 5.32 Å². The van der Waals surface area contributed by atoms with Crippen molar-refractivity contribution >= 4 is 23.4 Å². The van der Waals surface area contributed by atoms with Gasteiger partial charge in [-0.25, -0.2) is 8.78 Å². The Morgan fingerprint density at radius 2 is 2.00 bits per heavy atom. The van der Waals surface area contributed by atoms with Gasteiger partial charge < -0.3 is 15.2 Å². The number of aliphatic hydroxyl groups is 1. The van der Waals surface area contributed by atoms with Gasteiger partial charge in [-0.1, -0.05) is 0 Å². The Hall–Kier alpha value is -3.53. The monoisotopic (exact) mass is 431 g/mol. The molecule has 162 valence electrons. The van der Waals surface area contributed by atoms with Gasteiger partial charge in [0.05, 0.1) is 13.7 Å². The van der Waals surface area contributed by atoms with Crippen LogP contribution in [0.5, 0.6) is 5.75 Å². The minimum absolute atomic E-state index is 0.0215. The Labute approximate surface area is 175 Å². The predicted molar refractivity (Wildman–Crippen MR) is 104 cm³/mol. The molecule has 0 aromatic heterocycles. The summed E-state index contributed by atoms with van der Waals surface area (Å²) < 4.78 is 33.4. The van der Waals surface area contributed by atoms with E-state index in [0.29, 0.717) is 11.3 Å². The molecule has 3 N–H and O–H groups in total. The van der Waals surface area contributed by atoms with E-state index in [-0.39, 0.29) is 42.7 Å². The minimum Gasteiger partial charge on any atom is -0.497 e. The van der Waals surface area contributed by atoms with E-state index in [1.165, 1.54) is 25.3 Å². The van der Waals surface area contributed by atoms with Gasteiger partial charge in [-0.05, 0) is 30.3 Å². The summed E-state index contributed by atoms with van der Waals surface area (Å²) >= 11 is 0. The zero-order chi connectivity index (χ0) is 22.3. The molecule has 2 aliphatic heterocycles. The van der Waals surface area contributed by atoms with E-state index in [4.69, 9.17) is 4.74 Å². The number of carbonyl (C=O) groups excluding carboxylic acids is 3. The van der Waals surface area contributed by atoms with Crippen molar-refractivity contribution in [1.29, 1.82) is 0 Å². The van der Waals surface area contributed by atoms with Crippen LogP contribution < -0.4 is 15.4 Å². The van der Waals surface area contributed by atoms with E-state index < -0.39 is 35.1 Å². The molecule has 8 nitrogen and oxygen atoms in total. The standard InChI is InChI=1S/C21H19F2N3O5/c1-31-13-2-3-16(23)11(6-13)9-24-17-8-12(22)7-14-15(17)10-26(19(14)28)21(30)5-4-18(27)25-20(21)29/h2-3,6-8,24,30H,4-5,9-10H2,1H3,(H,25,27,29). The third kappa shape index (κ3) is 3.59. The summed E-state index contributed by atoms with van der Waals surface area (Å²) in [5, 5.41) is 15.8. The molecule has 0 spiro atoms. The Bertz CT molecular complexity index is 1110. The van der Waals surface area contributed by atoms with Crippen LogP contribution in [0.25, 0.3) is 0 Å². The molecule has 10 heteroatoms. The number of rotatable bonds is 5. The number of methoxy groups -OCH3 is 1. The highest BCUT2D eigenvalue weighted by atomic mass is 19.1. The topological polar surface area (TPSA) is 108 Å². The molecule has 3 amide bonds. The summed E-state index contributed by atoms with van der Waals surface area (Å²) in [6, 6.07) is 6.38. The predicted octanol–water partition coefficient (Wildman–Crippen LogP) is 1.67. The van der Waals surface area contributed by atoms with Crippen LogP contribution in [0.3, 0.4) is 0 Å². The van der Waals surface area contributed by atoms with Crippen molar-refractivity contribution in [1.82, 2.24) is 10.2 Å². The third-order valence-electron chi connectivity index (χ3n) is 5.49. The molecule has 4 rings (SSSR count). The van der Waals surface area contributed by atoms with Crippen molar-refractivity contribution < 1.29 is 33.0 Å². The van der Waals surface area contributed by atoms with Gasteiger partial charge in [-0.2, -0.15) is 0 Å². The van der Waals surface area contributed by atoms with Crippen LogP contribution in [-0.4, -0.2) is 40.6 Å². The second-order valence-electron chi connectivity index (χ2n) is 7.38. The van der Waals surface area contributed by atoms with Gasteiger partial charge in [0.2, 0.25) is 11.6 Å². The van der Waals surface area contributed by atoms with E-state index in [9.17, 15) is 28.3 Å². The van der Waals surface area contributed by atoms with E-state index in [1.807, 2.05) is 5.32 Å². The molecular formula is C21H19F2N3O5. The fourth-order valence-corrected chi connectivity index (χ4v) is 3.78. The van der Waals surface area contributed by atoms with Crippen LogP contribution in [0.2, 0.25) is 0 Å².